The highest BCUT2D eigenvalue weighted by Gasteiger charge is 2.05. The third-order valence-electron chi connectivity index (χ3n) is 2.63. The van der Waals surface area contributed by atoms with E-state index in [2.05, 4.69) is 6.92 Å². The van der Waals surface area contributed by atoms with Crippen LogP contribution in [0.3, 0.4) is 0 Å². The number of hydrogen-bond donors (Lipinski definition) is 0. The van der Waals surface area contributed by atoms with Crippen molar-refractivity contribution in [3.8, 4) is 0 Å². The summed E-state index contributed by atoms with van der Waals surface area (Å²) in [5.74, 6) is -0.160. The minimum atomic E-state index is -0.160. The van der Waals surface area contributed by atoms with Crippen molar-refractivity contribution in [3.63, 3.8) is 0 Å². The molecule has 0 saturated heterocycles. The molecule has 0 aromatic heterocycles. The van der Waals surface area contributed by atoms with Crippen molar-refractivity contribution in [1.29, 1.82) is 0 Å². The Labute approximate surface area is 96.5 Å². The molecule has 84 valence electrons. The Hall–Kier alpha value is -0.560. The van der Waals surface area contributed by atoms with Crippen LogP contribution in [0.1, 0.15) is 37.3 Å². The molecule has 1 rings (SSSR count). The van der Waals surface area contributed by atoms with E-state index in [9.17, 15) is 4.39 Å². The molecule has 0 N–H and O–H groups in total. The lowest BCUT2D eigenvalue weighted by Gasteiger charge is -2.09. The monoisotopic (exact) mass is 228 g/mol. The van der Waals surface area contributed by atoms with Gasteiger partial charge in [0.25, 0.3) is 0 Å². The lowest BCUT2D eigenvalue weighted by molar-refractivity contribution is 0.624. The summed E-state index contributed by atoms with van der Waals surface area (Å²) in [5, 5.41) is 0.249. The van der Waals surface area contributed by atoms with Crippen LogP contribution in [0.15, 0.2) is 18.2 Å². The van der Waals surface area contributed by atoms with Gasteiger partial charge in [-0.1, -0.05) is 19.4 Å². The van der Waals surface area contributed by atoms with Crippen LogP contribution in [-0.2, 0) is 6.42 Å². The van der Waals surface area contributed by atoms with Gasteiger partial charge in [0.15, 0.2) is 0 Å². The van der Waals surface area contributed by atoms with E-state index < -0.39 is 0 Å². The van der Waals surface area contributed by atoms with Crippen molar-refractivity contribution >= 4 is 11.6 Å². The van der Waals surface area contributed by atoms with Crippen molar-refractivity contribution in [2.75, 3.05) is 0 Å². The predicted molar refractivity (Wildman–Crippen MR) is 64.0 cm³/mol. The average Bonchev–Trinajstić information content (AvgIpc) is 2.17. The number of alkyl halides is 1. The van der Waals surface area contributed by atoms with Crippen molar-refractivity contribution in [2.45, 2.75) is 44.9 Å². The first-order valence-electron chi connectivity index (χ1n) is 5.52. The number of halogens is 2. The fourth-order valence-corrected chi connectivity index (χ4v) is 2.04. The first kappa shape index (κ1) is 12.5. The summed E-state index contributed by atoms with van der Waals surface area (Å²) < 4.78 is 12.8. The normalized spacial score (nSPS) is 12.8. The van der Waals surface area contributed by atoms with Gasteiger partial charge in [-0.3, -0.25) is 0 Å². The van der Waals surface area contributed by atoms with Crippen LogP contribution in [0.5, 0.6) is 0 Å². The first-order chi connectivity index (χ1) is 7.13. The Bertz CT molecular complexity index is 309. The van der Waals surface area contributed by atoms with Gasteiger partial charge in [0, 0.05) is 5.38 Å². The molecule has 0 aliphatic rings. The Morgan fingerprint density at radius 2 is 2.07 bits per heavy atom. The number of benzene rings is 1. The average molecular weight is 229 g/mol. The van der Waals surface area contributed by atoms with Gasteiger partial charge < -0.3 is 0 Å². The third kappa shape index (κ3) is 4.21. The first-order valence-corrected chi connectivity index (χ1v) is 5.96. The Morgan fingerprint density at radius 3 is 2.67 bits per heavy atom. The lowest BCUT2D eigenvalue weighted by Crippen LogP contribution is -2.01. The molecule has 0 amide bonds. The standard InChI is InChI=1S/C13H18ClF/c1-3-4-12(14)7-5-11-6-8-13(15)9-10(11)2/h6,8-9,12H,3-5,7H2,1-2H3. The van der Waals surface area contributed by atoms with E-state index in [0.717, 1.165) is 31.2 Å². The van der Waals surface area contributed by atoms with E-state index in [-0.39, 0.29) is 11.2 Å². The summed E-state index contributed by atoms with van der Waals surface area (Å²) in [4.78, 5) is 0. The molecule has 0 bridgehead atoms. The van der Waals surface area contributed by atoms with Crippen LogP contribution in [0.2, 0.25) is 0 Å². The molecule has 1 atom stereocenters. The zero-order chi connectivity index (χ0) is 11.3. The van der Waals surface area contributed by atoms with Crippen LogP contribution in [0, 0.1) is 12.7 Å². The lowest BCUT2D eigenvalue weighted by atomic mass is 10.0. The van der Waals surface area contributed by atoms with Crippen LogP contribution in [0.25, 0.3) is 0 Å². The molecule has 15 heavy (non-hydrogen) atoms. The molecule has 0 fully saturated rings. The van der Waals surface area contributed by atoms with Crippen molar-refractivity contribution in [1.82, 2.24) is 0 Å². The summed E-state index contributed by atoms with van der Waals surface area (Å²) in [6.45, 7) is 4.08. The van der Waals surface area contributed by atoms with E-state index in [4.69, 9.17) is 11.6 Å². The second kappa shape index (κ2) is 6.12. The highest BCUT2D eigenvalue weighted by atomic mass is 35.5. The fourth-order valence-electron chi connectivity index (χ4n) is 1.71. The van der Waals surface area contributed by atoms with Crippen molar-refractivity contribution in [2.24, 2.45) is 0 Å². The van der Waals surface area contributed by atoms with Gasteiger partial charge in [0.1, 0.15) is 5.82 Å². The molecule has 0 nitrogen and oxygen atoms in total. The fraction of sp³-hybridized carbons (Fsp3) is 0.538. The molecule has 1 aromatic rings. The van der Waals surface area contributed by atoms with E-state index in [1.165, 1.54) is 11.6 Å². The Balaban J connectivity index is 2.50. The second-order valence-corrected chi connectivity index (χ2v) is 4.61. The Kier molecular flexibility index (Phi) is 5.10. The molecule has 0 heterocycles. The molecule has 0 aliphatic heterocycles. The molecule has 2 heteroatoms. The summed E-state index contributed by atoms with van der Waals surface area (Å²) in [6.07, 6.45) is 4.10. The number of hydrogen-bond acceptors (Lipinski definition) is 0. The molecule has 0 radical (unpaired) electrons. The van der Waals surface area contributed by atoms with Gasteiger partial charge in [-0.2, -0.15) is 0 Å². The third-order valence-corrected chi connectivity index (χ3v) is 3.07. The summed E-state index contributed by atoms with van der Waals surface area (Å²) in [6, 6.07) is 4.96. The van der Waals surface area contributed by atoms with Crippen LogP contribution < -0.4 is 0 Å². The largest absolute Gasteiger partial charge is 0.207 e. The zero-order valence-corrected chi connectivity index (χ0v) is 10.1. The molecular weight excluding hydrogens is 211 g/mol. The van der Waals surface area contributed by atoms with Gasteiger partial charge in [0.2, 0.25) is 0 Å². The van der Waals surface area contributed by atoms with E-state index >= 15 is 0 Å². The molecule has 1 unspecified atom stereocenters. The maximum absolute atomic E-state index is 12.8. The van der Waals surface area contributed by atoms with E-state index in [1.807, 2.05) is 13.0 Å². The second-order valence-electron chi connectivity index (χ2n) is 4.00. The molecular formula is C13H18ClF. The zero-order valence-electron chi connectivity index (χ0n) is 9.39. The maximum atomic E-state index is 12.8. The van der Waals surface area contributed by atoms with Crippen molar-refractivity contribution in [3.05, 3.63) is 35.1 Å². The van der Waals surface area contributed by atoms with E-state index in [0.29, 0.717) is 0 Å². The minimum absolute atomic E-state index is 0.160. The van der Waals surface area contributed by atoms with Crippen LogP contribution >= 0.6 is 11.6 Å². The minimum Gasteiger partial charge on any atom is -0.207 e. The predicted octanol–water partition coefficient (Wildman–Crippen LogP) is 4.47. The topological polar surface area (TPSA) is 0 Å². The highest BCUT2D eigenvalue weighted by Crippen LogP contribution is 2.17. The maximum Gasteiger partial charge on any atom is 0.123 e. The van der Waals surface area contributed by atoms with Gasteiger partial charge in [0.05, 0.1) is 0 Å². The summed E-state index contributed by atoms with van der Waals surface area (Å²) >= 11 is 6.14. The number of rotatable bonds is 5. The molecule has 1 aromatic carbocycles. The number of aryl methyl sites for hydroxylation is 2. The van der Waals surface area contributed by atoms with Gasteiger partial charge in [-0.25, -0.2) is 4.39 Å². The van der Waals surface area contributed by atoms with Crippen molar-refractivity contribution < 1.29 is 4.39 Å². The smallest absolute Gasteiger partial charge is 0.123 e. The van der Waals surface area contributed by atoms with Gasteiger partial charge in [-0.15, -0.1) is 11.6 Å². The Morgan fingerprint density at radius 1 is 1.33 bits per heavy atom. The van der Waals surface area contributed by atoms with Gasteiger partial charge in [-0.05, 0) is 49.4 Å². The molecule has 0 spiro atoms. The highest BCUT2D eigenvalue weighted by molar-refractivity contribution is 6.20. The molecule has 0 saturated carbocycles. The SMILES string of the molecule is CCCC(Cl)CCc1ccc(F)cc1C. The quantitative estimate of drug-likeness (QED) is 0.652. The summed E-state index contributed by atoms with van der Waals surface area (Å²) in [7, 11) is 0. The molecule has 0 aliphatic carbocycles. The summed E-state index contributed by atoms with van der Waals surface area (Å²) in [5.41, 5.74) is 2.23. The van der Waals surface area contributed by atoms with E-state index in [1.54, 1.807) is 6.07 Å². The van der Waals surface area contributed by atoms with Crippen LogP contribution in [0.4, 0.5) is 4.39 Å². The van der Waals surface area contributed by atoms with Crippen LogP contribution in [-0.4, -0.2) is 5.38 Å². The van der Waals surface area contributed by atoms with Gasteiger partial charge >= 0.3 is 0 Å².